The molecule has 0 aliphatic rings. The maximum atomic E-state index is 12.4. The lowest BCUT2D eigenvalue weighted by Crippen LogP contribution is -2.16. The van der Waals surface area contributed by atoms with Crippen molar-refractivity contribution in [3.8, 4) is 5.75 Å². The molecule has 9 heteroatoms. The van der Waals surface area contributed by atoms with Crippen LogP contribution in [0.2, 0.25) is 0 Å². The molecule has 0 radical (unpaired) electrons. The number of nitrogens with one attached hydrogen (secondary N) is 1. The minimum Gasteiger partial charge on any atom is -0.496 e. The smallest absolute Gasteiger partial charge is 0.261 e. The van der Waals surface area contributed by atoms with Gasteiger partial charge in [0.05, 0.1) is 23.3 Å². The Bertz CT molecular complexity index is 828. The number of sulfonamides is 1. The highest BCUT2D eigenvalue weighted by Gasteiger charge is 2.18. The van der Waals surface area contributed by atoms with E-state index in [2.05, 4.69) is 10.3 Å². The molecule has 1 heterocycles. The quantitative estimate of drug-likeness (QED) is 0.854. The third-order valence-electron chi connectivity index (χ3n) is 3.08. The summed E-state index contributed by atoms with van der Waals surface area (Å²) in [5.74, 6) is -0.0234. The lowest BCUT2D eigenvalue weighted by molar-refractivity contribution is 0.102. The van der Waals surface area contributed by atoms with E-state index in [9.17, 15) is 13.2 Å². The number of nitrogens with zero attached hydrogens (tertiary/aromatic N) is 1. The van der Waals surface area contributed by atoms with Gasteiger partial charge in [-0.1, -0.05) is 13.8 Å². The summed E-state index contributed by atoms with van der Waals surface area (Å²) in [6.07, 6.45) is 0. The van der Waals surface area contributed by atoms with Crippen molar-refractivity contribution in [2.24, 2.45) is 5.14 Å². The number of amides is 1. The number of carbonyl (C=O) groups excluding carboxylic acids is 1. The monoisotopic (exact) mass is 355 g/mol. The first-order valence-corrected chi connectivity index (χ1v) is 9.12. The molecule has 2 rings (SSSR count). The third kappa shape index (κ3) is 4.06. The molecular formula is C14H17N3O4S2. The maximum Gasteiger partial charge on any atom is 0.261 e. The van der Waals surface area contributed by atoms with Crippen molar-refractivity contribution in [2.75, 3.05) is 12.4 Å². The van der Waals surface area contributed by atoms with Gasteiger partial charge in [0.2, 0.25) is 10.0 Å². The molecule has 0 fully saturated rings. The Morgan fingerprint density at radius 1 is 1.39 bits per heavy atom. The maximum absolute atomic E-state index is 12.4. The normalized spacial score (nSPS) is 11.5. The predicted octanol–water partition coefficient (Wildman–Crippen LogP) is 2.17. The lowest BCUT2D eigenvalue weighted by atomic mass is 10.2. The fraction of sp³-hybridized carbons (Fsp3) is 0.286. The number of anilines is 1. The van der Waals surface area contributed by atoms with Crippen LogP contribution in [0.1, 0.15) is 35.8 Å². The largest absolute Gasteiger partial charge is 0.496 e. The average molecular weight is 355 g/mol. The van der Waals surface area contributed by atoms with E-state index in [0.29, 0.717) is 5.13 Å². The van der Waals surface area contributed by atoms with Crippen LogP contribution in [0.4, 0.5) is 5.13 Å². The lowest BCUT2D eigenvalue weighted by Gasteiger charge is -2.09. The Morgan fingerprint density at radius 3 is 2.61 bits per heavy atom. The highest BCUT2D eigenvalue weighted by atomic mass is 32.2. The van der Waals surface area contributed by atoms with Crippen LogP contribution >= 0.6 is 11.3 Å². The van der Waals surface area contributed by atoms with Gasteiger partial charge in [0.15, 0.2) is 5.13 Å². The summed E-state index contributed by atoms with van der Waals surface area (Å²) >= 11 is 1.30. The van der Waals surface area contributed by atoms with Gasteiger partial charge in [-0.15, -0.1) is 11.3 Å². The van der Waals surface area contributed by atoms with Gasteiger partial charge in [-0.2, -0.15) is 0 Å². The molecule has 124 valence electrons. The van der Waals surface area contributed by atoms with Gasteiger partial charge in [0, 0.05) is 5.38 Å². The van der Waals surface area contributed by atoms with E-state index in [1.165, 1.54) is 36.6 Å². The Labute approximate surface area is 138 Å². The number of carbonyl (C=O) groups is 1. The minimum absolute atomic E-state index is 0.0697. The predicted molar refractivity (Wildman–Crippen MR) is 88.5 cm³/mol. The summed E-state index contributed by atoms with van der Waals surface area (Å²) in [5, 5.41) is 10.0. The number of nitrogens with two attached hydrogens (primary N) is 1. The summed E-state index contributed by atoms with van der Waals surface area (Å²) in [6, 6.07) is 3.85. The number of rotatable bonds is 5. The van der Waals surface area contributed by atoms with Crippen molar-refractivity contribution in [1.82, 2.24) is 4.98 Å². The summed E-state index contributed by atoms with van der Waals surface area (Å²) < 4.78 is 28.0. The second-order valence-corrected chi connectivity index (χ2v) is 7.51. The van der Waals surface area contributed by atoms with Crippen molar-refractivity contribution in [3.05, 3.63) is 34.8 Å². The number of methoxy groups -OCH3 is 1. The molecule has 0 atom stereocenters. The fourth-order valence-electron chi connectivity index (χ4n) is 1.81. The van der Waals surface area contributed by atoms with Crippen LogP contribution in [0.3, 0.4) is 0 Å². The molecule has 1 aromatic carbocycles. The van der Waals surface area contributed by atoms with Gasteiger partial charge >= 0.3 is 0 Å². The van der Waals surface area contributed by atoms with E-state index in [1.54, 1.807) is 0 Å². The molecule has 0 spiro atoms. The Kier molecular flexibility index (Phi) is 5.03. The molecule has 7 nitrogen and oxygen atoms in total. The van der Waals surface area contributed by atoms with Crippen molar-refractivity contribution >= 4 is 32.4 Å². The third-order valence-corrected chi connectivity index (χ3v) is 4.76. The Balaban J connectivity index is 2.33. The molecule has 0 saturated heterocycles. The summed E-state index contributed by atoms with van der Waals surface area (Å²) in [6.45, 7) is 4.00. The molecule has 0 aliphatic carbocycles. The van der Waals surface area contributed by atoms with Crippen LogP contribution in [0.5, 0.6) is 5.75 Å². The van der Waals surface area contributed by atoms with Crippen LogP contribution < -0.4 is 15.2 Å². The van der Waals surface area contributed by atoms with E-state index < -0.39 is 15.9 Å². The van der Waals surface area contributed by atoms with Gasteiger partial charge in [-0.05, 0) is 24.1 Å². The van der Waals surface area contributed by atoms with E-state index in [-0.39, 0.29) is 22.1 Å². The zero-order valence-corrected chi connectivity index (χ0v) is 14.5. The van der Waals surface area contributed by atoms with Gasteiger partial charge in [0.25, 0.3) is 5.91 Å². The standard InChI is InChI=1S/C14H17N3O4S2/c1-8(2)11-7-22-14(16-11)17-13(18)10-6-9(23(15,19)20)4-5-12(10)21-3/h4-8H,1-3H3,(H2,15,19,20)(H,16,17,18). The van der Waals surface area contributed by atoms with Gasteiger partial charge in [0.1, 0.15) is 5.75 Å². The molecule has 23 heavy (non-hydrogen) atoms. The number of aromatic nitrogens is 1. The Hall–Kier alpha value is -1.97. The van der Waals surface area contributed by atoms with Crippen molar-refractivity contribution in [1.29, 1.82) is 0 Å². The van der Waals surface area contributed by atoms with Crippen LogP contribution in [0, 0.1) is 0 Å². The second-order valence-electron chi connectivity index (χ2n) is 5.09. The number of primary sulfonamides is 1. The van der Waals surface area contributed by atoms with Gasteiger partial charge in [-0.3, -0.25) is 10.1 Å². The minimum atomic E-state index is -3.91. The van der Waals surface area contributed by atoms with Crippen molar-refractivity contribution in [2.45, 2.75) is 24.7 Å². The number of hydrogen-bond acceptors (Lipinski definition) is 6. The summed E-state index contributed by atoms with van der Waals surface area (Å²) in [7, 11) is -2.52. The van der Waals surface area contributed by atoms with E-state index in [1.807, 2.05) is 19.2 Å². The van der Waals surface area contributed by atoms with Crippen LogP contribution in [-0.2, 0) is 10.0 Å². The fourth-order valence-corrected chi connectivity index (χ4v) is 3.22. The molecule has 0 unspecified atom stereocenters. The molecule has 1 aromatic heterocycles. The molecule has 1 amide bonds. The zero-order chi connectivity index (χ0) is 17.2. The van der Waals surface area contributed by atoms with Gasteiger partial charge < -0.3 is 4.74 Å². The highest BCUT2D eigenvalue weighted by Crippen LogP contribution is 2.25. The number of benzene rings is 1. The van der Waals surface area contributed by atoms with E-state index >= 15 is 0 Å². The van der Waals surface area contributed by atoms with E-state index in [0.717, 1.165) is 5.69 Å². The number of hydrogen-bond donors (Lipinski definition) is 2. The zero-order valence-electron chi connectivity index (χ0n) is 12.9. The summed E-state index contributed by atoms with van der Waals surface area (Å²) in [4.78, 5) is 16.5. The van der Waals surface area contributed by atoms with Crippen LogP contribution in [0.25, 0.3) is 0 Å². The molecule has 0 saturated carbocycles. The SMILES string of the molecule is COc1ccc(S(N)(=O)=O)cc1C(=O)Nc1nc(C(C)C)cs1. The molecule has 0 bridgehead atoms. The molecule has 2 aromatic rings. The summed E-state index contributed by atoms with van der Waals surface area (Å²) in [5.41, 5.74) is 0.941. The number of thiazole rings is 1. The molecule has 0 aliphatic heterocycles. The second kappa shape index (κ2) is 6.65. The van der Waals surface area contributed by atoms with Crippen molar-refractivity contribution in [3.63, 3.8) is 0 Å². The average Bonchev–Trinajstić information content (AvgIpc) is 2.94. The van der Waals surface area contributed by atoms with Gasteiger partial charge in [-0.25, -0.2) is 18.5 Å². The highest BCUT2D eigenvalue weighted by molar-refractivity contribution is 7.89. The van der Waals surface area contributed by atoms with Crippen LogP contribution in [-0.4, -0.2) is 26.4 Å². The first kappa shape index (κ1) is 17.4. The Morgan fingerprint density at radius 2 is 2.09 bits per heavy atom. The molecular weight excluding hydrogens is 338 g/mol. The molecule has 3 N–H and O–H groups in total. The number of ether oxygens (including phenoxy) is 1. The first-order valence-electron chi connectivity index (χ1n) is 6.70. The van der Waals surface area contributed by atoms with Crippen molar-refractivity contribution < 1.29 is 17.9 Å². The van der Waals surface area contributed by atoms with E-state index in [4.69, 9.17) is 9.88 Å². The first-order chi connectivity index (χ1) is 10.7. The van der Waals surface area contributed by atoms with Crippen LogP contribution in [0.15, 0.2) is 28.5 Å². The topological polar surface area (TPSA) is 111 Å².